The number of aryl methyl sites for hydroxylation is 1. The van der Waals surface area contributed by atoms with Gasteiger partial charge in [0.2, 0.25) is 5.91 Å². The molecule has 0 bridgehead atoms. The van der Waals surface area contributed by atoms with Gasteiger partial charge >= 0.3 is 0 Å². The van der Waals surface area contributed by atoms with Gasteiger partial charge in [-0.2, -0.15) is 0 Å². The highest BCUT2D eigenvalue weighted by Crippen LogP contribution is 2.44. The number of hydrogen-bond donors (Lipinski definition) is 1. The van der Waals surface area contributed by atoms with Crippen LogP contribution in [0.25, 0.3) is 0 Å². The van der Waals surface area contributed by atoms with Crippen molar-refractivity contribution in [2.75, 3.05) is 18.4 Å². The van der Waals surface area contributed by atoms with Crippen molar-refractivity contribution in [1.29, 1.82) is 0 Å². The first kappa shape index (κ1) is 19.4. The summed E-state index contributed by atoms with van der Waals surface area (Å²) in [5.41, 5.74) is 3.94. The summed E-state index contributed by atoms with van der Waals surface area (Å²) >= 11 is 0. The number of amides is 2. The number of carbonyl (C=O) groups excluding carboxylic acids is 2. The highest BCUT2D eigenvalue weighted by Gasteiger charge is 2.52. The molecule has 5 nitrogen and oxygen atoms in total. The fourth-order valence-electron chi connectivity index (χ4n) is 4.63. The first-order valence-corrected chi connectivity index (χ1v) is 10.5. The summed E-state index contributed by atoms with van der Waals surface area (Å²) in [4.78, 5) is 28.0. The maximum atomic E-state index is 13.4. The summed E-state index contributed by atoms with van der Waals surface area (Å²) in [5, 5.41) is 2.98. The topological polar surface area (TPSA) is 58.6 Å². The van der Waals surface area contributed by atoms with Crippen molar-refractivity contribution in [3.05, 3.63) is 95.1 Å². The van der Waals surface area contributed by atoms with E-state index in [1.807, 2.05) is 73.7 Å². The molecule has 1 atom stereocenters. The lowest BCUT2D eigenvalue weighted by Gasteiger charge is -2.23. The molecular formula is C26H24N2O3. The van der Waals surface area contributed by atoms with Crippen LogP contribution in [0.2, 0.25) is 0 Å². The average Bonchev–Trinajstić information content (AvgIpc) is 3.36. The highest BCUT2D eigenvalue weighted by molar-refractivity contribution is 6.07. The molecule has 1 N–H and O–H groups in total. The van der Waals surface area contributed by atoms with Gasteiger partial charge in [0.25, 0.3) is 5.91 Å². The number of hydrogen-bond acceptors (Lipinski definition) is 3. The van der Waals surface area contributed by atoms with E-state index in [2.05, 4.69) is 5.32 Å². The minimum Gasteiger partial charge on any atom is -0.488 e. The third kappa shape index (κ3) is 3.26. The Labute approximate surface area is 181 Å². The van der Waals surface area contributed by atoms with E-state index in [-0.39, 0.29) is 11.8 Å². The molecule has 0 aromatic heterocycles. The van der Waals surface area contributed by atoms with Crippen LogP contribution in [0.4, 0.5) is 5.69 Å². The molecule has 0 aliphatic carbocycles. The molecule has 5 rings (SSSR count). The van der Waals surface area contributed by atoms with Crippen molar-refractivity contribution in [1.82, 2.24) is 4.90 Å². The predicted molar refractivity (Wildman–Crippen MR) is 119 cm³/mol. The lowest BCUT2D eigenvalue weighted by atomic mass is 9.81. The molecule has 3 aromatic carbocycles. The Bertz CT molecular complexity index is 1170. The molecule has 156 valence electrons. The number of nitrogens with one attached hydrogen (secondary N) is 1. The molecule has 2 aliphatic heterocycles. The summed E-state index contributed by atoms with van der Waals surface area (Å²) in [6.45, 7) is 3.36. The normalized spacial score (nSPS) is 19.4. The molecule has 2 amide bonds. The summed E-state index contributed by atoms with van der Waals surface area (Å²) in [6, 6.07) is 23.2. The number of benzene rings is 3. The zero-order chi connectivity index (χ0) is 21.4. The number of rotatable bonds is 4. The van der Waals surface area contributed by atoms with Crippen molar-refractivity contribution in [2.24, 2.45) is 0 Å². The van der Waals surface area contributed by atoms with Gasteiger partial charge in [-0.15, -0.1) is 0 Å². The second kappa shape index (κ2) is 7.58. The molecule has 1 spiro atoms. The van der Waals surface area contributed by atoms with Crippen molar-refractivity contribution in [3.63, 3.8) is 0 Å². The molecule has 1 fully saturated rings. The molecule has 5 heteroatoms. The van der Waals surface area contributed by atoms with Crippen molar-refractivity contribution < 1.29 is 14.3 Å². The van der Waals surface area contributed by atoms with Gasteiger partial charge < -0.3 is 15.0 Å². The fourth-order valence-corrected chi connectivity index (χ4v) is 4.63. The lowest BCUT2D eigenvalue weighted by Crippen LogP contribution is -2.39. The standard InChI is InChI=1S/C26H24N2O3/c1-18-8-2-3-9-19(18)16-31-23-13-7-4-10-20(23)24(29)28-15-14-26(17-28)21-11-5-6-12-22(21)27-25(26)30/h2-13H,14-17H2,1H3,(H,27,30). The van der Waals surface area contributed by atoms with Gasteiger partial charge in [0.05, 0.1) is 11.0 Å². The van der Waals surface area contributed by atoms with Crippen molar-refractivity contribution in [3.8, 4) is 5.75 Å². The SMILES string of the molecule is Cc1ccccc1COc1ccccc1C(=O)N1CCC2(C1)C(=O)Nc1ccccc12. The van der Waals surface area contributed by atoms with Gasteiger partial charge in [0.1, 0.15) is 12.4 Å². The van der Waals surface area contributed by atoms with Crippen LogP contribution in [-0.2, 0) is 16.8 Å². The molecule has 1 saturated heterocycles. The van der Waals surface area contributed by atoms with Crippen molar-refractivity contribution in [2.45, 2.75) is 25.4 Å². The van der Waals surface area contributed by atoms with E-state index in [9.17, 15) is 9.59 Å². The first-order valence-electron chi connectivity index (χ1n) is 10.5. The molecule has 0 saturated carbocycles. The van der Waals surface area contributed by atoms with E-state index in [0.717, 1.165) is 22.4 Å². The number of ether oxygens (including phenoxy) is 1. The van der Waals surface area contributed by atoms with E-state index >= 15 is 0 Å². The second-order valence-electron chi connectivity index (χ2n) is 8.27. The predicted octanol–water partition coefficient (Wildman–Crippen LogP) is 4.31. The Morgan fingerprint density at radius 3 is 2.65 bits per heavy atom. The molecule has 1 unspecified atom stereocenters. The summed E-state index contributed by atoms with van der Waals surface area (Å²) in [5.74, 6) is 0.440. The number of likely N-dealkylation sites (tertiary alicyclic amines) is 1. The Balaban J connectivity index is 1.37. The van der Waals surface area contributed by atoms with E-state index in [1.165, 1.54) is 0 Å². The molecule has 2 heterocycles. The fraction of sp³-hybridized carbons (Fsp3) is 0.231. The zero-order valence-electron chi connectivity index (χ0n) is 17.4. The highest BCUT2D eigenvalue weighted by atomic mass is 16.5. The van der Waals surface area contributed by atoms with Gasteiger partial charge in [-0.25, -0.2) is 0 Å². The van der Waals surface area contributed by atoms with Gasteiger partial charge in [-0.05, 0) is 48.2 Å². The number of fused-ring (bicyclic) bond motifs is 2. The number of nitrogens with zero attached hydrogens (tertiary/aromatic N) is 1. The maximum Gasteiger partial charge on any atom is 0.257 e. The van der Waals surface area contributed by atoms with Crippen LogP contribution < -0.4 is 10.1 Å². The largest absolute Gasteiger partial charge is 0.488 e. The van der Waals surface area contributed by atoms with Crippen LogP contribution in [0.5, 0.6) is 5.75 Å². The average molecular weight is 412 g/mol. The van der Waals surface area contributed by atoms with Crippen LogP contribution in [0.15, 0.2) is 72.8 Å². The van der Waals surface area contributed by atoms with E-state index in [4.69, 9.17) is 4.74 Å². The Kier molecular flexibility index (Phi) is 4.74. The number of carbonyl (C=O) groups is 2. The van der Waals surface area contributed by atoms with Crippen LogP contribution in [0.3, 0.4) is 0 Å². The van der Waals surface area contributed by atoms with Gasteiger partial charge in [-0.3, -0.25) is 9.59 Å². The van der Waals surface area contributed by atoms with E-state index in [1.54, 1.807) is 11.0 Å². The Morgan fingerprint density at radius 1 is 1.03 bits per heavy atom. The maximum absolute atomic E-state index is 13.4. The minimum absolute atomic E-state index is 0.0203. The van der Waals surface area contributed by atoms with Gasteiger partial charge in [0.15, 0.2) is 0 Å². The Morgan fingerprint density at radius 2 is 1.77 bits per heavy atom. The second-order valence-corrected chi connectivity index (χ2v) is 8.27. The van der Waals surface area contributed by atoms with Crippen LogP contribution in [0.1, 0.15) is 33.5 Å². The molecule has 31 heavy (non-hydrogen) atoms. The van der Waals surface area contributed by atoms with E-state index in [0.29, 0.717) is 37.4 Å². The van der Waals surface area contributed by atoms with Crippen LogP contribution in [-0.4, -0.2) is 29.8 Å². The van der Waals surface area contributed by atoms with Crippen LogP contribution in [0, 0.1) is 6.92 Å². The number of anilines is 1. The third-order valence-corrected chi connectivity index (χ3v) is 6.44. The lowest BCUT2D eigenvalue weighted by molar-refractivity contribution is -0.120. The van der Waals surface area contributed by atoms with Gasteiger partial charge in [-0.1, -0.05) is 54.6 Å². The quantitative estimate of drug-likeness (QED) is 0.695. The zero-order valence-corrected chi connectivity index (χ0v) is 17.4. The smallest absolute Gasteiger partial charge is 0.257 e. The molecule has 2 aliphatic rings. The summed E-state index contributed by atoms with van der Waals surface area (Å²) in [6.07, 6.45) is 0.619. The molecule has 3 aromatic rings. The first-order chi connectivity index (χ1) is 15.1. The van der Waals surface area contributed by atoms with Gasteiger partial charge in [0, 0.05) is 18.8 Å². The van der Waals surface area contributed by atoms with Crippen LogP contribution >= 0.6 is 0 Å². The van der Waals surface area contributed by atoms with E-state index < -0.39 is 5.41 Å². The minimum atomic E-state index is -0.663. The monoisotopic (exact) mass is 412 g/mol. The summed E-state index contributed by atoms with van der Waals surface area (Å²) in [7, 11) is 0. The third-order valence-electron chi connectivity index (χ3n) is 6.44. The molecular weight excluding hydrogens is 388 g/mol. The number of para-hydroxylation sites is 2. The summed E-state index contributed by atoms with van der Waals surface area (Å²) < 4.78 is 6.05. The van der Waals surface area contributed by atoms with Crippen molar-refractivity contribution >= 4 is 17.5 Å². The molecule has 0 radical (unpaired) electrons. The Hall–Kier alpha value is -3.60.